The minimum absolute atomic E-state index is 0.0118. The van der Waals surface area contributed by atoms with Crippen LogP contribution in [0.4, 0.5) is 4.39 Å². The summed E-state index contributed by atoms with van der Waals surface area (Å²) in [6, 6.07) is 8.20. The first-order valence-corrected chi connectivity index (χ1v) is 10.2. The maximum Gasteiger partial charge on any atom is 0.335 e. The molecule has 3 aromatic rings. The van der Waals surface area contributed by atoms with Crippen molar-refractivity contribution in [2.75, 3.05) is 6.54 Å². The number of rotatable bonds is 5. The number of furan rings is 1. The zero-order chi connectivity index (χ0) is 19.7. The molecule has 1 amide bonds. The van der Waals surface area contributed by atoms with Gasteiger partial charge in [0.05, 0.1) is 12.0 Å². The molecule has 0 saturated carbocycles. The largest absolute Gasteiger partial charge is 0.459 e. The van der Waals surface area contributed by atoms with E-state index < -0.39 is 32.7 Å². The number of halogens is 1. The van der Waals surface area contributed by atoms with Crippen LogP contribution in [0.3, 0.4) is 0 Å². The van der Waals surface area contributed by atoms with E-state index >= 15 is 0 Å². The van der Waals surface area contributed by atoms with Crippen LogP contribution in [0.2, 0.25) is 0 Å². The third kappa shape index (κ3) is 3.42. The summed E-state index contributed by atoms with van der Waals surface area (Å²) in [7, 11) is -4.03. The van der Waals surface area contributed by atoms with Gasteiger partial charge in [0, 0.05) is 12.1 Å². The summed E-state index contributed by atoms with van der Waals surface area (Å²) in [6.07, 6.45) is 2.66. The minimum atomic E-state index is -4.03. The molecule has 1 atom stereocenters. The van der Waals surface area contributed by atoms with E-state index in [0.717, 1.165) is 0 Å². The SMILES string of the molecule is O=C(c1ccco1)N1CCC[C@H]1c1nnc(S(=O)(=O)Cc2ccccc2F)o1. The van der Waals surface area contributed by atoms with Gasteiger partial charge in [0.1, 0.15) is 11.9 Å². The second kappa shape index (κ2) is 7.19. The highest BCUT2D eigenvalue weighted by Crippen LogP contribution is 2.33. The van der Waals surface area contributed by atoms with Crippen LogP contribution in [0.15, 0.2) is 56.7 Å². The maximum absolute atomic E-state index is 13.8. The summed E-state index contributed by atoms with van der Waals surface area (Å²) < 4.78 is 49.4. The molecule has 3 heterocycles. The molecule has 146 valence electrons. The Kier molecular flexibility index (Phi) is 4.71. The summed E-state index contributed by atoms with van der Waals surface area (Å²) in [5.41, 5.74) is 0.0118. The lowest BCUT2D eigenvalue weighted by molar-refractivity contribution is 0.0680. The van der Waals surface area contributed by atoms with Gasteiger partial charge in [-0.3, -0.25) is 4.79 Å². The number of benzene rings is 1. The topological polar surface area (TPSA) is 107 Å². The Balaban J connectivity index is 1.56. The molecule has 1 aliphatic heterocycles. The van der Waals surface area contributed by atoms with Crippen molar-refractivity contribution >= 4 is 15.7 Å². The highest BCUT2D eigenvalue weighted by Gasteiger charge is 2.36. The van der Waals surface area contributed by atoms with Gasteiger partial charge in [-0.1, -0.05) is 23.3 Å². The number of sulfone groups is 1. The van der Waals surface area contributed by atoms with E-state index in [0.29, 0.717) is 19.4 Å². The van der Waals surface area contributed by atoms with Crippen molar-refractivity contribution in [3.05, 3.63) is 65.7 Å². The lowest BCUT2D eigenvalue weighted by Crippen LogP contribution is -2.30. The van der Waals surface area contributed by atoms with Crippen molar-refractivity contribution in [2.24, 2.45) is 0 Å². The molecule has 4 rings (SSSR count). The zero-order valence-corrected chi connectivity index (χ0v) is 15.4. The molecule has 0 unspecified atom stereocenters. The van der Waals surface area contributed by atoms with Gasteiger partial charge in [0.15, 0.2) is 5.76 Å². The minimum Gasteiger partial charge on any atom is -0.459 e. The van der Waals surface area contributed by atoms with E-state index in [1.165, 1.54) is 29.4 Å². The average molecular weight is 405 g/mol. The maximum atomic E-state index is 13.8. The fourth-order valence-corrected chi connectivity index (χ4v) is 4.32. The summed E-state index contributed by atoms with van der Waals surface area (Å²) in [5, 5.41) is 6.86. The van der Waals surface area contributed by atoms with E-state index in [-0.39, 0.29) is 23.1 Å². The number of likely N-dealkylation sites (tertiary alicyclic amines) is 1. The smallest absolute Gasteiger partial charge is 0.335 e. The molecule has 28 heavy (non-hydrogen) atoms. The Morgan fingerprint density at radius 1 is 1.21 bits per heavy atom. The highest BCUT2D eigenvalue weighted by atomic mass is 32.2. The third-order valence-electron chi connectivity index (χ3n) is 4.52. The number of aromatic nitrogens is 2. The predicted octanol–water partition coefficient (Wildman–Crippen LogP) is 2.75. The molecule has 0 N–H and O–H groups in total. The molecule has 1 saturated heterocycles. The summed E-state index contributed by atoms with van der Waals surface area (Å²) in [5.74, 6) is -1.34. The molecule has 10 heteroatoms. The lowest BCUT2D eigenvalue weighted by atomic mass is 10.2. The second-order valence-corrected chi connectivity index (χ2v) is 8.26. The normalized spacial score (nSPS) is 17.2. The predicted molar refractivity (Wildman–Crippen MR) is 93.3 cm³/mol. The van der Waals surface area contributed by atoms with Gasteiger partial charge in [0.25, 0.3) is 5.91 Å². The molecule has 0 aliphatic carbocycles. The van der Waals surface area contributed by atoms with Crippen LogP contribution >= 0.6 is 0 Å². The van der Waals surface area contributed by atoms with Crippen molar-refractivity contribution in [1.82, 2.24) is 15.1 Å². The monoisotopic (exact) mass is 405 g/mol. The van der Waals surface area contributed by atoms with Gasteiger partial charge in [-0.15, -0.1) is 5.10 Å². The van der Waals surface area contributed by atoms with Crippen LogP contribution in [0.5, 0.6) is 0 Å². The number of hydrogen-bond acceptors (Lipinski definition) is 7. The zero-order valence-electron chi connectivity index (χ0n) is 14.6. The van der Waals surface area contributed by atoms with Crippen molar-refractivity contribution in [2.45, 2.75) is 29.9 Å². The summed E-state index contributed by atoms with van der Waals surface area (Å²) >= 11 is 0. The first kappa shape index (κ1) is 18.4. The molecular formula is C18H16FN3O5S. The first-order valence-electron chi connectivity index (χ1n) is 8.60. The standard InChI is InChI=1S/C18H16FN3O5S/c19-13-6-2-1-5-12(13)11-28(24,25)18-21-20-16(27-18)14-7-3-9-22(14)17(23)15-8-4-10-26-15/h1-2,4-6,8,10,14H,3,7,9,11H2/t14-/m0/s1. The first-order chi connectivity index (χ1) is 13.5. The van der Waals surface area contributed by atoms with Gasteiger partial charge in [0.2, 0.25) is 15.7 Å². The highest BCUT2D eigenvalue weighted by molar-refractivity contribution is 7.90. The van der Waals surface area contributed by atoms with Gasteiger partial charge >= 0.3 is 5.22 Å². The van der Waals surface area contributed by atoms with Crippen LogP contribution in [0.1, 0.15) is 40.9 Å². The molecule has 8 nitrogen and oxygen atoms in total. The molecule has 1 aliphatic rings. The Bertz CT molecular complexity index is 1090. The van der Waals surface area contributed by atoms with Crippen molar-refractivity contribution < 1.29 is 26.4 Å². The van der Waals surface area contributed by atoms with Gasteiger partial charge in [-0.2, -0.15) is 0 Å². The fourth-order valence-electron chi connectivity index (χ4n) is 3.17. The number of nitrogens with zero attached hydrogens (tertiary/aromatic N) is 3. The van der Waals surface area contributed by atoms with Gasteiger partial charge in [-0.25, -0.2) is 12.8 Å². The van der Waals surface area contributed by atoms with E-state index in [1.807, 2.05) is 0 Å². The quantitative estimate of drug-likeness (QED) is 0.642. The Morgan fingerprint density at radius 3 is 2.79 bits per heavy atom. The van der Waals surface area contributed by atoms with E-state index in [9.17, 15) is 17.6 Å². The second-order valence-electron chi connectivity index (χ2n) is 6.39. The lowest BCUT2D eigenvalue weighted by Gasteiger charge is -2.20. The molecule has 0 radical (unpaired) electrons. The average Bonchev–Trinajstić information content (AvgIpc) is 3.42. The van der Waals surface area contributed by atoms with Crippen molar-refractivity contribution in [1.29, 1.82) is 0 Å². The number of carbonyl (C=O) groups is 1. The number of amides is 1. The van der Waals surface area contributed by atoms with Crippen molar-refractivity contribution in [3.63, 3.8) is 0 Å². The van der Waals surface area contributed by atoms with Gasteiger partial charge in [-0.05, 0) is 31.0 Å². The molecule has 1 fully saturated rings. The molecular weight excluding hydrogens is 389 g/mol. The number of carbonyl (C=O) groups excluding carboxylic acids is 1. The van der Waals surface area contributed by atoms with Gasteiger partial charge < -0.3 is 13.7 Å². The Labute approximate surface area is 159 Å². The summed E-state index contributed by atoms with van der Waals surface area (Å²) in [4.78, 5) is 14.1. The van der Waals surface area contributed by atoms with Crippen LogP contribution in [-0.2, 0) is 15.6 Å². The van der Waals surface area contributed by atoms with E-state index in [1.54, 1.807) is 18.2 Å². The fraction of sp³-hybridized carbons (Fsp3) is 0.278. The van der Waals surface area contributed by atoms with E-state index in [2.05, 4.69) is 10.2 Å². The van der Waals surface area contributed by atoms with Crippen molar-refractivity contribution in [3.8, 4) is 0 Å². The Morgan fingerprint density at radius 2 is 2.04 bits per heavy atom. The van der Waals surface area contributed by atoms with Crippen LogP contribution < -0.4 is 0 Å². The van der Waals surface area contributed by atoms with Crippen LogP contribution in [0, 0.1) is 5.82 Å². The van der Waals surface area contributed by atoms with E-state index in [4.69, 9.17) is 8.83 Å². The third-order valence-corrected chi connectivity index (χ3v) is 5.91. The molecule has 0 spiro atoms. The Hall–Kier alpha value is -3.01. The van der Waals surface area contributed by atoms with Crippen LogP contribution in [-0.4, -0.2) is 36.0 Å². The number of hydrogen-bond donors (Lipinski definition) is 0. The summed E-state index contributed by atoms with van der Waals surface area (Å²) in [6.45, 7) is 0.462. The molecule has 1 aromatic carbocycles. The molecule has 0 bridgehead atoms. The van der Waals surface area contributed by atoms with Crippen LogP contribution in [0.25, 0.3) is 0 Å². The molecule has 2 aromatic heterocycles.